The zero-order valence-electron chi connectivity index (χ0n) is 11.2. The molecule has 0 radical (unpaired) electrons. The third-order valence-corrected chi connectivity index (χ3v) is 4.35. The van der Waals surface area contributed by atoms with Crippen LogP contribution < -0.4 is 5.32 Å². The van der Waals surface area contributed by atoms with Crippen LogP contribution in [0.4, 0.5) is 8.78 Å². The van der Waals surface area contributed by atoms with Crippen molar-refractivity contribution in [3.8, 4) is 0 Å². The second kappa shape index (κ2) is 6.80. The third-order valence-electron chi connectivity index (χ3n) is 3.74. The molecule has 0 aromatic heterocycles. The molecule has 1 nitrogen and oxygen atoms in total. The highest BCUT2D eigenvalue weighted by Crippen LogP contribution is 2.35. The fraction of sp³-hybridized carbons (Fsp3) is 0.600. The van der Waals surface area contributed by atoms with Gasteiger partial charge in [-0.3, -0.25) is 0 Å². The third kappa shape index (κ3) is 3.99. The molecule has 19 heavy (non-hydrogen) atoms. The maximum Gasteiger partial charge on any atom is 0.143 e. The molecule has 0 amide bonds. The zero-order valence-corrected chi connectivity index (χ0v) is 12.8. The molecule has 1 unspecified atom stereocenters. The number of benzene rings is 1. The zero-order chi connectivity index (χ0) is 13.8. The van der Waals surface area contributed by atoms with Crippen LogP contribution in [0, 0.1) is 17.6 Å². The van der Waals surface area contributed by atoms with E-state index >= 15 is 0 Å². The van der Waals surface area contributed by atoms with Gasteiger partial charge in [-0.15, -0.1) is 0 Å². The second-order valence-corrected chi connectivity index (χ2v) is 6.07. The predicted octanol–water partition coefficient (Wildman–Crippen LogP) is 4.44. The van der Waals surface area contributed by atoms with Gasteiger partial charge in [-0.1, -0.05) is 6.92 Å². The van der Waals surface area contributed by atoms with Crippen molar-refractivity contribution in [2.24, 2.45) is 5.92 Å². The largest absolute Gasteiger partial charge is 0.314 e. The summed E-state index contributed by atoms with van der Waals surface area (Å²) in [5.41, 5.74) is 0.209. The molecular formula is C15H20BrF2N. The fourth-order valence-corrected chi connectivity index (χ4v) is 2.93. The minimum atomic E-state index is -0.452. The molecule has 1 atom stereocenters. The Bertz CT molecular complexity index is 432. The van der Waals surface area contributed by atoms with Crippen molar-refractivity contribution in [1.29, 1.82) is 0 Å². The van der Waals surface area contributed by atoms with Crippen molar-refractivity contribution in [2.45, 2.75) is 45.1 Å². The lowest BCUT2D eigenvalue weighted by Gasteiger charge is -2.17. The molecule has 1 N–H and O–H groups in total. The van der Waals surface area contributed by atoms with Gasteiger partial charge < -0.3 is 5.32 Å². The molecule has 1 fully saturated rings. The summed E-state index contributed by atoms with van der Waals surface area (Å²) in [6.07, 6.45) is 4.85. The first-order valence-electron chi connectivity index (χ1n) is 6.99. The molecule has 4 heteroatoms. The van der Waals surface area contributed by atoms with Crippen LogP contribution >= 0.6 is 15.9 Å². The van der Waals surface area contributed by atoms with Crippen molar-refractivity contribution in [3.05, 3.63) is 33.8 Å². The van der Waals surface area contributed by atoms with Crippen molar-refractivity contribution in [2.75, 3.05) is 6.54 Å². The van der Waals surface area contributed by atoms with Crippen molar-refractivity contribution >= 4 is 15.9 Å². The smallest absolute Gasteiger partial charge is 0.143 e. The lowest BCUT2D eigenvalue weighted by molar-refractivity contribution is 0.430. The summed E-state index contributed by atoms with van der Waals surface area (Å²) < 4.78 is 27.7. The maximum atomic E-state index is 13.8. The van der Waals surface area contributed by atoms with Gasteiger partial charge in [-0.2, -0.15) is 0 Å². The quantitative estimate of drug-likeness (QED) is 0.728. The SMILES string of the molecule is CCNC(CCCc1c(F)ccc(Br)c1F)C1CC1. The van der Waals surface area contributed by atoms with E-state index in [0.717, 1.165) is 25.3 Å². The predicted molar refractivity (Wildman–Crippen MR) is 77.2 cm³/mol. The number of rotatable bonds is 7. The first-order valence-corrected chi connectivity index (χ1v) is 7.78. The monoisotopic (exact) mass is 331 g/mol. The Morgan fingerprint density at radius 1 is 1.37 bits per heavy atom. The van der Waals surface area contributed by atoms with Crippen LogP contribution in [-0.2, 0) is 6.42 Å². The van der Waals surface area contributed by atoms with Crippen LogP contribution in [-0.4, -0.2) is 12.6 Å². The van der Waals surface area contributed by atoms with E-state index < -0.39 is 11.6 Å². The topological polar surface area (TPSA) is 12.0 Å². The number of nitrogens with one attached hydrogen (secondary N) is 1. The van der Waals surface area contributed by atoms with Crippen LogP contribution in [0.2, 0.25) is 0 Å². The van der Waals surface area contributed by atoms with Gasteiger partial charge in [-0.05, 0) is 72.6 Å². The van der Waals surface area contributed by atoms with E-state index in [2.05, 4.69) is 28.2 Å². The van der Waals surface area contributed by atoms with Gasteiger partial charge in [0, 0.05) is 11.6 Å². The summed E-state index contributed by atoms with van der Waals surface area (Å²) in [5, 5.41) is 3.47. The maximum absolute atomic E-state index is 13.8. The fourth-order valence-electron chi connectivity index (χ4n) is 2.56. The van der Waals surface area contributed by atoms with E-state index in [4.69, 9.17) is 0 Å². The Kier molecular flexibility index (Phi) is 5.34. The standard InChI is InChI=1S/C15H20BrF2N/c1-2-19-14(10-6-7-10)5-3-4-11-13(17)9-8-12(16)15(11)18/h8-10,14,19H,2-7H2,1H3. The van der Waals surface area contributed by atoms with E-state index in [0.29, 0.717) is 16.9 Å². The van der Waals surface area contributed by atoms with E-state index in [1.807, 2.05) is 0 Å². The molecular weight excluding hydrogens is 312 g/mol. The van der Waals surface area contributed by atoms with Gasteiger partial charge in [0.25, 0.3) is 0 Å². The number of hydrogen-bond donors (Lipinski definition) is 1. The Morgan fingerprint density at radius 2 is 2.11 bits per heavy atom. The summed E-state index contributed by atoms with van der Waals surface area (Å²) in [4.78, 5) is 0. The van der Waals surface area contributed by atoms with E-state index in [9.17, 15) is 8.78 Å². The molecule has 2 rings (SSSR count). The van der Waals surface area contributed by atoms with E-state index in [1.165, 1.54) is 25.0 Å². The normalized spacial score (nSPS) is 16.6. The van der Waals surface area contributed by atoms with Crippen molar-refractivity contribution in [3.63, 3.8) is 0 Å². The minimum Gasteiger partial charge on any atom is -0.314 e. The van der Waals surface area contributed by atoms with E-state index in [-0.39, 0.29) is 5.56 Å². The Hall–Kier alpha value is -0.480. The van der Waals surface area contributed by atoms with Gasteiger partial charge >= 0.3 is 0 Å². The Labute approximate surface area is 121 Å². The number of halogens is 3. The van der Waals surface area contributed by atoms with Crippen LogP contribution in [0.15, 0.2) is 16.6 Å². The molecule has 1 aliphatic carbocycles. The average Bonchev–Trinajstić information content (AvgIpc) is 3.21. The minimum absolute atomic E-state index is 0.209. The molecule has 0 saturated heterocycles. The lowest BCUT2D eigenvalue weighted by Crippen LogP contribution is -2.30. The summed E-state index contributed by atoms with van der Waals surface area (Å²) in [5.74, 6) is -0.115. The second-order valence-electron chi connectivity index (χ2n) is 5.22. The summed E-state index contributed by atoms with van der Waals surface area (Å²) >= 11 is 3.11. The average molecular weight is 332 g/mol. The van der Waals surface area contributed by atoms with Crippen LogP contribution in [0.25, 0.3) is 0 Å². The van der Waals surface area contributed by atoms with Crippen LogP contribution in [0.3, 0.4) is 0 Å². The van der Waals surface area contributed by atoms with Gasteiger partial charge in [0.2, 0.25) is 0 Å². The molecule has 0 aliphatic heterocycles. The summed E-state index contributed by atoms with van der Waals surface area (Å²) in [7, 11) is 0. The molecule has 1 aromatic rings. The van der Waals surface area contributed by atoms with E-state index in [1.54, 1.807) is 0 Å². The molecule has 1 aliphatic rings. The first kappa shape index (κ1) is 14.9. The van der Waals surface area contributed by atoms with Crippen LogP contribution in [0.1, 0.15) is 38.2 Å². The van der Waals surface area contributed by atoms with Gasteiger partial charge in [0.05, 0.1) is 4.47 Å². The van der Waals surface area contributed by atoms with Crippen molar-refractivity contribution < 1.29 is 8.78 Å². The first-order chi connectivity index (χ1) is 9.13. The lowest BCUT2D eigenvalue weighted by atomic mass is 10.0. The highest BCUT2D eigenvalue weighted by atomic mass is 79.9. The number of hydrogen-bond acceptors (Lipinski definition) is 1. The Morgan fingerprint density at radius 3 is 2.74 bits per heavy atom. The Balaban J connectivity index is 1.89. The van der Waals surface area contributed by atoms with Crippen LogP contribution in [0.5, 0.6) is 0 Å². The van der Waals surface area contributed by atoms with Gasteiger partial charge in [0.1, 0.15) is 11.6 Å². The van der Waals surface area contributed by atoms with Gasteiger partial charge in [-0.25, -0.2) is 8.78 Å². The molecule has 0 spiro atoms. The highest BCUT2D eigenvalue weighted by molar-refractivity contribution is 9.10. The molecule has 0 heterocycles. The molecule has 106 valence electrons. The summed E-state index contributed by atoms with van der Waals surface area (Å²) in [6, 6.07) is 3.26. The molecule has 1 aromatic carbocycles. The summed E-state index contributed by atoms with van der Waals surface area (Å²) in [6.45, 7) is 3.06. The highest BCUT2D eigenvalue weighted by Gasteiger charge is 2.30. The van der Waals surface area contributed by atoms with Crippen molar-refractivity contribution in [1.82, 2.24) is 5.32 Å². The molecule has 1 saturated carbocycles. The van der Waals surface area contributed by atoms with Gasteiger partial charge in [0.15, 0.2) is 0 Å². The molecule has 0 bridgehead atoms.